The highest BCUT2D eigenvalue weighted by atomic mass is 35.5. The first kappa shape index (κ1) is 31.2. The minimum atomic E-state index is -5.00. The van der Waals surface area contributed by atoms with Gasteiger partial charge in [0.25, 0.3) is 0 Å². The van der Waals surface area contributed by atoms with E-state index in [0.717, 1.165) is 6.07 Å². The topological polar surface area (TPSA) is 125 Å². The Hall–Kier alpha value is -3.78. The standard InChI is InChI=1S/C28H26ClF3N2O7S/c1-38-17-9-16(10-18(11-17)42(3)37)34-26(19-5-4-15(29)8-23(19)40-7-6-35)27(36)21-14-33-22-13-24(39-2)25(12-20(21)22)41-28(30,31)32/h4-5,8-14,26,33-35H,6-7H2,1-3H3. The van der Waals surface area contributed by atoms with Crippen LogP contribution in [0, 0.1) is 0 Å². The molecule has 4 rings (SSSR count). The molecule has 4 aromatic rings. The van der Waals surface area contributed by atoms with E-state index in [-0.39, 0.29) is 35.7 Å². The van der Waals surface area contributed by atoms with Crippen LogP contribution in [0.5, 0.6) is 23.0 Å². The number of aliphatic hydroxyl groups excluding tert-OH is 1. The molecule has 2 atom stereocenters. The van der Waals surface area contributed by atoms with Crippen molar-refractivity contribution in [2.75, 3.05) is 39.0 Å². The van der Waals surface area contributed by atoms with E-state index in [1.807, 2.05) is 0 Å². The number of methoxy groups -OCH3 is 2. The Balaban J connectivity index is 1.88. The maximum atomic E-state index is 14.3. The number of hydrogen-bond acceptors (Lipinski definition) is 8. The molecule has 9 nitrogen and oxygen atoms in total. The molecule has 14 heteroatoms. The summed E-state index contributed by atoms with van der Waals surface area (Å²) < 4.78 is 71.9. The lowest BCUT2D eigenvalue weighted by Crippen LogP contribution is -2.22. The molecular formula is C28H26ClF3N2O7S. The number of rotatable bonds is 12. The molecule has 0 aliphatic carbocycles. The van der Waals surface area contributed by atoms with Gasteiger partial charge in [-0.15, -0.1) is 13.2 Å². The number of carbonyl (C=O) groups excluding carboxylic acids is 1. The molecule has 1 aromatic heterocycles. The number of anilines is 1. The van der Waals surface area contributed by atoms with Gasteiger partial charge in [0.1, 0.15) is 30.4 Å². The van der Waals surface area contributed by atoms with Crippen molar-refractivity contribution in [2.45, 2.75) is 17.3 Å². The molecule has 2 unspecified atom stereocenters. The zero-order valence-electron chi connectivity index (χ0n) is 22.5. The van der Waals surface area contributed by atoms with Gasteiger partial charge in [-0.1, -0.05) is 17.7 Å². The van der Waals surface area contributed by atoms with Crippen molar-refractivity contribution in [1.29, 1.82) is 0 Å². The average molecular weight is 627 g/mol. The minimum Gasteiger partial charge on any atom is -0.612 e. The Morgan fingerprint density at radius 2 is 1.86 bits per heavy atom. The summed E-state index contributed by atoms with van der Waals surface area (Å²) in [6.45, 7) is -0.413. The molecule has 0 spiro atoms. The van der Waals surface area contributed by atoms with E-state index in [9.17, 15) is 27.6 Å². The van der Waals surface area contributed by atoms with Gasteiger partial charge in [-0.2, -0.15) is 0 Å². The number of H-pyrrole nitrogens is 1. The quantitative estimate of drug-likeness (QED) is 0.132. The zero-order valence-corrected chi connectivity index (χ0v) is 24.1. The van der Waals surface area contributed by atoms with Gasteiger partial charge in [-0.25, -0.2) is 0 Å². The predicted molar refractivity (Wildman–Crippen MR) is 152 cm³/mol. The number of aromatic amines is 1. The van der Waals surface area contributed by atoms with Crippen molar-refractivity contribution in [1.82, 2.24) is 4.98 Å². The van der Waals surface area contributed by atoms with E-state index < -0.39 is 35.1 Å². The first-order chi connectivity index (χ1) is 19.9. The summed E-state index contributed by atoms with van der Waals surface area (Å²) >= 11 is 4.80. The molecule has 0 radical (unpaired) electrons. The normalized spacial score (nSPS) is 13.0. The Morgan fingerprint density at radius 3 is 2.50 bits per heavy atom. The number of ketones is 1. The van der Waals surface area contributed by atoms with Crippen LogP contribution in [0.25, 0.3) is 10.9 Å². The molecule has 0 fully saturated rings. The van der Waals surface area contributed by atoms with Crippen LogP contribution in [0.4, 0.5) is 18.9 Å². The van der Waals surface area contributed by atoms with E-state index in [2.05, 4.69) is 15.0 Å². The summed E-state index contributed by atoms with van der Waals surface area (Å²) in [7, 11) is 2.63. The predicted octanol–water partition coefficient (Wildman–Crippen LogP) is 5.88. The summed E-state index contributed by atoms with van der Waals surface area (Å²) in [5, 5.41) is 12.9. The average Bonchev–Trinajstić information content (AvgIpc) is 3.35. The highest BCUT2D eigenvalue weighted by molar-refractivity contribution is 7.90. The fourth-order valence-electron chi connectivity index (χ4n) is 4.27. The molecule has 0 aliphatic rings. The number of aromatic nitrogens is 1. The molecule has 3 aromatic carbocycles. The molecular weight excluding hydrogens is 601 g/mol. The first-order valence-electron chi connectivity index (χ1n) is 12.2. The number of alkyl halides is 3. The van der Waals surface area contributed by atoms with E-state index in [1.165, 1.54) is 44.9 Å². The van der Waals surface area contributed by atoms with Crippen LogP contribution < -0.4 is 24.3 Å². The van der Waals surface area contributed by atoms with E-state index in [1.54, 1.807) is 24.3 Å². The second kappa shape index (κ2) is 13.0. The van der Waals surface area contributed by atoms with Gasteiger partial charge in [0, 0.05) is 57.7 Å². The number of nitrogens with one attached hydrogen (secondary N) is 2. The lowest BCUT2D eigenvalue weighted by Gasteiger charge is -2.23. The Labute approximate surface area is 246 Å². The van der Waals surface area contributed by atoms with Crippen molar-refractivity contribution in [3.8, 4) is 23.0 Å². The molecule has 1 heterocycles. The number of Topliss-reactive ketones (excluding diaryl/α,β-unsaturated/α-hetero) is 1. The molecule has 42 heavy (non-hydrogen) atoms. The molecule has 0 bridgehead atoms. The number of carbonyl (C=O) groups is 1. The number of aliphatic hydroxyl groups is 1. The Bertz CT molecular complexity index is 1580. The van der Waals surface area contributed by atoms with Crippen molar-refractivity contribution < 1.29 is 46.6 Å². The summed E-state index contributed by atoms with van der Waals surface area (Å²) in [4.78, 5) is 17.6. The van der Waals surface area contributed by atoms with Crippen molar-refractivity contribution >= 4 is 45.2 Å². The molecule has 0 saturated heterocycles. The molecule has 0 saturated carbocycles. The van der Waals surface area contributed by atoms with Crippen molar-refractivity contribution in [3.05, 3.63) is 70.9 Å². The van der Waals surface area contributed by atoms with Gasteiger partial charge >= 0.3 is 6.36 Å². The van der Waals surface area contributed by atoms with Gasteiger partial charge < -0.3 is 38.9 Å². The third-order valence-corrected chi connectivity index (χ3v) is 7.25. The Morgan fingerprint density at radius 1 is 1.10 bits per heavy atom. The van der Waals surface area contributed by atoms with Crippen LogP contribution >= 0.6 is 11.6 Å². The first-order valence-corrected chi connectivity index (χ1v) is 14.2. The molecule has 0 amide bonds. The molecule has 0 aliphatic heterocycles. The zero-order chi connectivity index (χ0) is 30.6. The van der Waals surface area contributed by atoms with E-state index >= 15 is 0 Å². The van der Waals surface area contributed by atoms with Gasteiger partial charge in [-0.05, 0) is 29.4 Å². The number of hydrogen-bond donors (Lipinski definition) is 3. The number of fused-ring (bicyclic) bond motifs is 1. The second-order valence-corrected chi connectivity index (χ2v) is 10.7. The lowest BCUT2D eigenvalue weighted by molar-refractivity contribution is -0.275. The van der Waals surface area contributed by atoms with E-state index in [4.69, 9.17) is 25.8 Å². The van der Waals surface area contributed by atoms with Gasteiger partial charge in [0.15, 0.2) is 22.2 Å². The SMILES string of the molecule is COc1cc(NC(C(=O)c2c[nH]c3cc(OC)c(OC(F)(F)F)cc23)c2ccc(Cl)cc2OCCO)cc([S+](C)[O-])c1. The maximum Gasteiger partial charge on any atom is 0.573 e. The maximum absolute atomic E-state index is 14.3. The summed E-state index contributed by atoms with van der Waals surface area (Å²) in [6.07, 6.45) is -2.15. The van der Waals surface area contributed by atoms with Crippen molar-refractivity contribution in [2.24, 2.45) is 0 Å². The third kappa shape index (κ3) is 7.16. The summed E-state index contributed by atoms with van der Waals surface area (Å²) in [5.74, 6) is -0.826. The highest BCUT2D eigenvalue weighted by Crippen LogP contribution is 2.40. The van der Waals surface area contributed by atoms with Crippen LogP contribution in [0.2, 0.25) is 5.02 Å². The molecule has 3 N–H and O–H groups in total. The van der Waals surface area contributed by atoms with Crippen molar-refractivity contribution in [3.63, 3.8) is 0 Å². The monoisotopic (exact) mass is 626 g/mol. The Kier molecular flexibility index (Phi) is 9.67. The lowest BCUT2D eigenvalue weighted by atomic mass is 9.95. The largest absolute Gasteiger partial charge is 0.612 e. The van der Waals surface area contributed by atoms with Crippen LogP contribution in [0.3, 0.4) is 0 Å². The highest BCUT2D eigenvalue weighted by Gasteiger charge is 2.34. The number of halogens is 4. The smallest absolute Gasteiger partial charge is 0.573 e. The van der Waals surface area contributed by atoms with Gasteiger partial charge in [0.2, 0.25) is 0 Å². The van der Waals surface area contributed by atoms with Crippen LogP contribution in [-0.2, 0) is 11.2 Å². The van der Waals surface area contributed by atoms with Crippen LogP contribution in [-0.4, -0.2) is 60.5 Å². The van der Waals surface area contributed by atoms with Gasteiger partial charge in [-0.3, -0.25) is 4.79 Å². The third-order valence-electron chi connectivity index (χ3n) is 6.11. The fourth-order valence-corrected chi connectivity index (χ4v) is 5.01. The van der Waals surface area contributed by atoms with Crippen LogP contribution in [0.1, 0.15) is 22.0 Å². The number of benzene rings is 3. The second-order valence-electron chi connectivity index (χ2n) is 8.85. The van der Waals surface area contributed by atoms with E-state index in [0.29, 0.717) is 32.4 Å². The number of ether oxygens (including phenoxy) is 4. The minimum absolute atomic E-state index is 0.0300. The fraction of sp³-hybridized carbons (Fsp3) is 0.250. The summed E-state index contributed by atoms with van der Waals surface area (Å²) in [6, 6.07) is 10.5. The molecule has 224 valence electrons. The van der Waals surface area contributed by atoms with Gasteiger partial charge in [0.05, 0.1) is 26.3 Å². The summed E-state index contributed by atoms with van der Waals surface area (Å²) in [5.41, 5.74) is 1.03. The van der Waals surface area contributed by atoms with Crippen LogP contribution in [0.15, 0.2) is 59.6 Å².